The molecule has 0 fully saturated rings. The molecule has 1 atom stereocenters. The Hall–Kier alpha value is 0.0900. The van der Waals surface area contributed by atoms with Crippen LogP contribution < -0.4 is 0 Å². The smallest absolute Gasteiger partial charge is 0.0229 e. The van der Waals surface area contributed by atoms with E-state index in [4.69, 9.17) is 0 Å². The first kappa shape index (κ1) is 8.19. The molecule has 10 heavy (non-hydrogen) atoms. The van der Waals surface area contributed by atoms with Crippen molar-refractivity contribution in [2.24, 2.45) is 0 Å². The van der Waals surface area contributed by atoms with Gasteiger partial charge in [0.2, 0.25) is 0 Å². The average molecular weight is 156 g/mol. The van der Waals surface area contributed by atoms with Crippen molar-refractivity contribution in [1.82, 2.24) is 0 Å². The van der Waals surface area contributed by atoms with Crippen LogP contribution in [0.5, 0.6) is 0 Å². The molecule has 1 heteroatoms. The average Bonchev–Trinajstić information content (AvgIpc) is 1.88. The van der Waals surface area contributed by atoms with E-state index in [9.17, 15) is 0 Å². The summed E-state index contributed by atoms with van der Waals surface area (Å²) < 4.78 is 0. The van der Waals surface area contributed by atoms with Crippen molar-refractivity contribution in [2.45, 2.75) is 38.4 Å². The van der Waals surface area contributed by atoms with Gasteiger partial charge in [0.15, 0.2) is 0 Å². The quantitative estimate of drug-likeness (QED) is 0.553. The maximum Gasteiger partial charge on any atom is 0.0229 e. The fourth-order valence-electron chi connectivity index (χ4n) is 1.41. The Morgan fingerprint density at radius 1 is 1.70 bits per heavy atom. The Morgan fingerprint density at radius 2 is 2.50 bits per heavy atom. The zero-order chi connectivity index (χ0) is 7.40. The molecule has 0 aromatic heterocycles. The summed E-state index contributed by atoms with van der Waals surface area (Å²) in [5.41, 5.74) is 1.59. The number of hydrogen-bond donors (Lipinski definition) is 0. The van der Waals surface area contributed by atoms with Crippen LogP contribution in [-0.4, -0.2) is 11.0 Å². The third-order valence-corrected chi connectivity index (χ3v) is 3.04. The third kappa shape index (κ3) is 2.37. The van der Waals surface area contributed by atoms with Gasteiger partial charge in [-0.2, -0.15) is 11.8 Å². The van der Waals surface area contributed by atoms with Gasteiger partial charge in [0.1, 0.15) is 0 Å². The molecule has 0 nitrogen and oxygen atoms in total. The maximum absolute atomic E-state index is 2.44. The molecule has 1 unspecified atom stereocenters. The summed E-state index contributed by atoms with van der Waals surface area (Å²) in [5.74, 6) is 1.26. The molecule has 0 bridgehead atoms. The molecule has 0 aromatic carbocycles. The zero-order valence-corrected chi connectivity index (χ0v) is 7.71. The molecule has 0 amide bonds. The number of rotatable bonds is 2. The minimum absolute atomic E-state index is 0.832. The van der Waals surface area contributed by atoms with Crippen molar-refractivity contribution < 1.29 is 0 Å². The van der Waals surface area contributed by atoms with Crippen LogP contribution in [0.15, 0.2) is 11.6 Å². The summed E-state index contributed by atoms with van der Waals surface area (Å²) >= 11 is 2.08. The van der Waals surface area contributed by atoms with E-state index >= 15 is 0 Å². The van der Waals surface area contributed by atoms with Gasteiger partial charge in [-0.15, -0.1) is 0 Å². The summed E-state index contributed by atoms with van der Waals surface area (Å²) in [6.45, 7) is 4.49. The van der Waals surface area contributed by atoms with Crippen LogP contribution in [0.3, 0.4) is 0 Å². The van der Waals surface area contributed by atoms with Crippen molar-refractivity contribution in [1.29, 1.82) is 0 Å². The maximum atomic E-state index is 2.44. The molecule has 0 N–H and O–H groups in total. The fourth-order valence-corrected chi connectivity index (χ4v) is 2.50. The van der Waals surface area contributed by atoms with Crippen LogP contribution in [0.1, 0.15) is 33.1 Å². The molecule has 0 aliphatic heterocycles. The van der Waals surface area contributed by atoms with Gasteiger partial charge < -0.3 is 0 Å². The first-order valence-corrected chi connectivity index (χ1v) is 5.16. The van der Waals surface area contributed by atoms with Gasteiger partial charge >= 0.3 is 0 Å². The molecule has 1 aliphatic carbocycles. The van der Waals surface area contributed by atoms with Crippen LogP contribution in [0.2, 0.25) is 0 Å². The molecule has 1 rings (SSSR count). The minimum Gasteiger partial charge on any atom is -0.155 e. The van der Waals surface area contributed by atoms with E-state index < -0.39 is 0 Å². The van der Waals surface area contributed by atoms with Crippen LogP contribution in [0.4, 0.5) is 0 Å². The summed E-state index contributed by atoms with van der Waals surface area (Å²) in [6.07, 6.45) is 6.58. The van der Waals surface area contributed by atoms with Gasteiger partial charge in [-0.1, -0.05) is 18.6 Å². The Kier molecular flexibility index (Phi) is 3.33. The van der Waals surface area contributed by atoms with E-state index in [0.717, 1.165) is 5.25 Å². The normalized spacial score (nSPS) is 26.2. The molecule has 1 aliphatic rings. The SMILES string of the molecule is CCSC1C=C(C)CCC1. The van der Waals surface area contributed by atoms with Crippen LogP contribution in [0.25, 0.3) is 0 Å². The number of allylic oxidation sites excluding steroid dienone is 1. The Labute approximate surface area is 68.1 Å². The van der Waals surface area contributed by atoms with Gasteiger partial charge in [0.05, 0.1) is 0 Å². The highest BCUT2D eigenvalue weighted by molar-refractivity contribution is 8.00. The van der Waals surface area contributed by atoms with Crippen molar-refractivity contribution >= 4 is 11.8 Å². The van der Waals surface area contributed by atoms with E-state index in [0.29, 0.717) is 0 Å². The monoisotopic (exact) mass is 156 g/mol. The molecular formula is C9H16S. The lowest BCUT2D eigenvalue weighted by molar-refractivity contribution is 0.712. The van der Waals surface area contributed by atoms with Gasteiger partial charge in [0.25, 0.3) is 0 Å². The van der Waals surface area contributed by atoms with Crippen molar-refractivity contribution in [3.63, 3.8) is 0 Å². The highest BCUT2D eigenvalue weighted by Crippen LogP contribution is 2.26. The zero-order valence-electron chi connectivity index (χ0n) is 6.89. The van der Waals surface area contributed by atoms with Crippen LogP contribution in [-0.2, 0) is 0 Å². The number of hydrogen-bond acceptors (Lipinski definition) is 1. The van der Waals surface area contributed by atoms with E-state index in [1.54, 1.807) is 5.57 Å². The largest absolute Gasteiger partial charge is 0.155 e. The lowest BCUT2D eigenvalue weighted by Crippen LogP contribution is -2.05. The van der Waals surface area contributed by atoms with Crippen molar-refractivity contribution in [3.05, 3.63) is 11.6 Å². The van der Waals surface area contributed by atoms with Gasteiger partial charge in [0, 0.05) is 5.25 Å². The van der Waals surface area contributed by atoms with Gasteiger partial charge in [-0.25, -0.2) is 0 Å². The second-order valence-electron chi connectivity index (χ2n) is 2.90. The minimum atomic E-state index is 0.832. The Bertz CT molecular complexity index is 127. The predicted molar refractivity (Wildman–Crippen MR) is 49.5 cm³/mol. The summed E-state index contributed by atoms with van der Waals surface area (Å²) in [7, 11) is 0. The molecule has 0 aromatic rings. The topological polar surface area (TPSA) is 0 Å². The fraction of sp³-hybridized carbons (Fsp3) is 0.778. The highest BCUT2D eigenvalue weighted by Gasteiger charge is 2.09. The molecule has 0 spiro atoms. The molecule has 0 radical (unpaired) electrons. The second kappa shape index (κ2) is 4.07. The van der Waals surface area contributed by atoms with E-state index in [2.05, 4.69) is 31.7 Å². The van der Waals surface area contributed by atoms with E-state index in [-0.39, 0.29) is 0 Å². The van der Waals surface area contributed by atoms with Crippen LogP contribution in [0, 0.1) is 0 Å². The molecule has 0 saturated carbocycles. The predicted octanol–water partition coefficient (Wildman–Crippen LogP) is 3.24. The standard InChI is InChI=1S/C9H16S/c1-3-10-9-6-4-5-8(2)7-9/h7,9H,3-6H2,1-2H3. The van der Waals surface area contributed by atoms with E-state index in [1.807, 2.05) is 0 Å². The van der Waals surface area contributed by atoms with Gasteiger partial charge in [-0.05, 0) is 31.9 Å². The highest BCUT2D eigenvalue weighted by atomic mass is 32.2. The third-order valence-electron chi connectivity index (χ3n) is 1.91. The first-order valence-electron chi connectivity index (χ1n) is 4.12. The van der Waals surface area contributed by atoms with Crippen molar-refractivity contribution in [2.75, 3.05) is 5.75 Å². The van der Waals surface area contributed by atoms with E-state index in [1.165, 1.54) is 25.0 Å². The van der Waals surface area contributed by atoms with Crippen LogP contribution >= 0.6 is 11.8 Å². The second-order valence-corrected chi connectivity index (χ2v) is 4.42. The first-order chi connectivity index (χ1) is 4.83. The molecule has 58 valence electrons. The molecular weight excluding hydrogens is 140 g/mol. The Balaban J connectivity index is 2.38. The molecule has 0 heterocycles. The lowest BCUT2D eigenvalue weighted by atomic mass is 10.0. The number of thioether (sulfide) groups is 1. The molecule has 0 saturated heterocycles. The van der Waals surface area contributed by atoms with Crippen molar-refractivity contribution in [3.8, 4) is 0 Å². The summed E-state index contributed by atoms with van der Waals surface area (Å²) in [6, 6.07) is 0. The lowest BCUT2D eigenvalue weighted by Gasteiger charge is -2.17. The van der Waals surface area contributed by atoms with Gasteiger partial charge in [-0.3, -0.25) is 0 Å². The summed E-state index contributed by atoms with van der Waals surface area (Å²) in [5, 5.41) is 0.832. The Morgan fingerprint density at radius 3 is 3.10 bits per heavy atom. The summed E-state index contributed by atoms with van der Waals surface area (Å²) in [4.78, 5) is 0.